The Balaban J connectivity index is 1.88. The number of benzene rings is 1. The fraction of sp³-hybridized carbons (Fsp3) is 0.400. The van der Waals surface area contributed by atoms with Gasteiger partial charge in [-0.15, -0.1) is 0 Å². The topological polar surface area (TPSA) is 55.1 Å². The van der Waals surface area contributed by atoms with E-state index in [-0.39, 0.29) is 17.8 Å². The summed E-state index contributed by atoms with van der Waals surface area (Å²) in [4.78, 5) is 11.8. The van der Waals surface area contributed by atoms with Crippen LogP contribution in [0, 0.1) is 11.7 Å². The molecule has 2 atom stereocenters. The number of hydrogen-bond acceptors (Lipinski definition) is 2. The van der Waals surface area contributed by atoms with Gasteiger partial charge in [-0.3, -0.25) is 4.79 Å². The van der Waals surface area contributed by atoms with Gasteiger partial charge in [0.2, 0.25) is 5.91 Å². The van der Waals surface area contributed by atoms with Gasteiger partial charge in [0.25, 0.3) is 0 Å². The predicted molar refractivity (Wildman–Crippen MR) is 73.8 cm³/mol. The first-order valence-corrected chi connectivity index (χ1v) is 6.63. The Kier molecular flexibility index (Phi) is 4.68. The minimum Gasteiger partial charge on any atom is -0.349 e. The number of halogens is 1. The molecule has 1 aromatic rings. The first-order chi connectivity index (χ1) is 9.19. The lowest BCUT2D eigenvalue weighted by Gasteiger charge is -2.18. The van der Waals surface area contributed by atoms with Gasteiger partial charge < -0.3 is 11.1 Å². The van der Waals surface area contributed by atoms with Crippen LogP contribution >= 0.6 is 0 Å². The Labute approximate surface area is 112 Å². The standard InChI is InChI=1S/C15H19FN2O/c16-13-7-4-11(5-8-13)6-9-15(19)18-14-3-1-2-12(14)10-17/h4-9,12,14H,1-3,10,17H2,(H,18,19). The monoisotopic (exact) mass is 262 g/mol. The summed E-state index contributed by atoms with van der Waals surface area (Å²) in [5.41, 5.74) is 6.48. The maximum absolute atomic E-state index is 12.7. The average Bonchev–Trinajstić information content (AvgIpc) is 2.85. The van der Waals surface area contributed by atoms with E-state index < -0.39 is 0 Å². The molecule has 1 saturated carbocycles. The molecule has 1 aliphatic carbocycles. The van der Waals surface area contributed by atoms with Crippen molar-refractivity contribution in [3.05, 3.63) is 41.7 Å². The van der Waals surface area contributed by atoms with Crippen LogP contribution in [0.2, 0.25) is 0 Å². The molecular weight excluding hydrogens is 243 g/mol. The summed E-state index contributed by atoms with van der Waals surface area (Å²) in [6.45, 7) is 0.618. The highest BCUT2D eigenvalue weighted by atomic mass is 19.1. The number of carbonyl (C=O) groups is 1. The number of rotatable bonds is 4. The van der Waals surface area contributed by atoms with Crippen LogP contribution in [0.3, 0.4) is 0 Å². The van der Waals surface area contributed by atoms with Crippen molar-refractivity contribution in [2.45, 2.75) is 25.3 Å². The van der Waals surface area contributed by atoms with Gasteiger partial charge in [0, 0.05) is 12.1 Å². The third-order valence-corrected chi connectivity index (χ3v) is 3.59. The molecule has 0 saturated heterocycles. The zero-order valence-corrected chi connectivity index (χ0v) is 10.8. The van der Waals surface area contributed by atoms with E-state index in [0.717, 1.165) is 24.8 Å². The molecule has 1 fully saturated rings. The van der Waals surface area contributed by atoms with Crippen molar-refractivity contribution in [2.75, 3.05) is 6.54 Å². The average molecular weight is 262 g/mol. The normalized spacial score (nSPS) is 22.8. The van der Waals surface area contributed by atoms with E-state index in [0.29, 0.717) is 12.5 Å². The number of nitrogens with one attached hydrogen (secondary N) is 1. The molecule has 0 radical (unpaired) electrons. The van der Waals surface area contributed by atoms with Gasteiger partial charge >= 0.3 is 0 Å². The lowest BCUT2D eigenvalue weighted by Crippen LogP contribution is -2.39. The minimum atomic E-state index is -0.279. The summed E-state index contributed by atoms with van der Waals surface area (Å²) < 4.78 is 12.7. The molecule has 0 aliphatic heterocycles. The Morgan fingerprint density at radius 1 is 1.37 bits per heavy atom. The second kappa shape index (κ2) is 6.48. The van der Waals surface area contributed by atoms with Crippen LogP contribution in [0.1, 0.15) is 24.8 Å². The van der Waals surface area contributed by atoms with Crippen LogP contribution in [0.5, 0.6) is 0 Å². The van der Waals surface area contributed by atoms with E-state index in [4.69, 9.17) is 5.73 Å². The summed E-state index contributed by atoms with van der Waals surface area (Å²) >= 11 is 0. The maximum atomic E-state index is 12.7. The van der Waals surface area contributed by atoms with Gasteiger partial charge in [-0.05, 0) is 49.1 Å². The molecule has 2 unspecified atom stereocenters. The highest BCUT2D eigenvalue weighted by Gasteiger charge is 2.26. The maximum Gasteiger partial charge on any atom is 0.244 e. The van der Waals surface area contributed by atoms with Crippen LogP contribution in [0.25, 0.3) is 6.08 Å². The minimum absolute atomic E-state index is 0.116. The van der Waals surface area contributed by atoms with Crippen molar-refractivity contribution in [3.63, 3.8) is 0 Å². The third kappa shape index (κ3) is 3.89. The van der Waals surface area contributed by atoms with Crippen molar-refractivity contribution in [3.8, 4) is 0 Å². The van der Waals surface area contributed by atoms with Crippen LogP contribution in [-0.2, 0) is 4.79 Å². The number of amides is 1. The molecule has 0 heterocycles. The molecule has 1 amide bonds. The van der Waals surface area contributed by atoms with Crippen molar-refractivity contribution < 1.29 is 9.18 Å². The molecule has 0 spiro atoms. The van der Waals surface area contributed by atoms with Gasteiger partial charge in [0.05, 0.1) is 0 Å². The molecule has 1 aromatic carbocycles. The van der Waals surface area contributed by atoms with E-state index >= 15 is 0 Å². The van der Waals surface area contributed by atoms with E-state index in [9.17, 15) is 9.18 Å². The van der Waals surface area contributed by atoms with E-state index in [1.54, 1.807) is 18.2 Å². The molecule has 3 N–H and O–H groups in total. The zero-order valence-electron chi connectivity index (χ0n) is 10.8. The van der Waals surface area contributed by atoms with Crippen molar-refractivity contribution in [1.29, 1.82) is 0 Å². The highest BCUT2D eigenvalue weighted by Crippen LogP contribution is 2.24. The fourth-order valence-corrected chi connectivity index (χ4v) is 2.49. The Morgan fingerprint density at radius 3 is 2.79 bits per heavy atom. The van der Waals surface area contributed by atoms with Crippen LogP contribution in [0.4, 0.5) is 4.39 Å². The second-order valence-corrected chi connectivity index (χ2v) is 4.93. The third-order valence-electron chi connectivity index (χ3n) is 3.59. The lowest BCUT2D eigenvalue weighted by molar-refractivity contribution is -0.117. The molecule has 2 rings (SSSR count). The lowest BCUT2D eigenvalue weighted by atomic mass is 10.0. The Morgan fingerprint density at radius 2 is 2.11 bits per heavy atom. The van der Waals surface area contributed by atoms with E-state index in [1.807, 2.05) is 0 Å². The SMILES string of the molecule is NCC1CCCC1NC(=O)C=Cc1ccc(F)cc1. The number of nitrogens with two attached hydrogens (primary N) is 1. The first-order valence-electron chi connectivity index (χ1n) is 6.63. The quantitative estimate of drug-likeness (QED) is 0.816. The van der Waals surface area contributed by atoms with Crippen molar-refractivity contribution >= 4 is 12.0 Å². The predicted octanol–water partition coefficient (Wildman–Crippen LogP) is 2.08. The van der Waals surface area contributed by atoms with E-state index in [2.05, 4.69) is 5.32 Å². The van der Waals surface area contributed by atoms with Crippen LogP contribution < -0.4 is 11.1 Å². The summed E-state index contributed by atoms with van der Waals surface area (Å²) in [6.07, 6.45) is 6.37. The van der Waals surface area contributed by atoms with E-state index in [1.165, 1.54) is 18.2 Å². The molecule has 102 valence electrons. The molecule has 1 aliphatic rings. The van der Waals surface area contributed by atoms with Gasteiger partial charge in [-0.25, -0.2) is 4.39 Å². The van der Waals surface area contributed by atoms with Gasteiger partial charge in [0.15, 0.2) is 0 Å². The second-order valence-electron chi connectivity index (χ2n) is 4.93. The zero-order chi connectivity index (χ0) is 13.7. The first kappa shape index (κ1) is 13.7. The molecule has 0 aromatic heterocycles. The number of carbonyl (C=O) groups excluding carboxylic acids is 1. The molecule has 0 bridgehead atoms. The molecule has 4 heteroatoms. The molecular formula is C15H19FN2O. The molecule has 19 heavy (non-hydrogen) atoms. The van der Waals surface area contributed by atoms with Crippen LogP contribution in [-0.4, -0.2) is 18.5 Å². The summed E-state index contributed by atoms with van der Waals surface area (Å²) in [5, 5.41) is 2.98. The summed E-state index contributed by atoms with van der Waals surface area (Å²) in [6, 6.07) is 6.21. The van der Waals surface area contributed by atoms with Crippen LogP contribution in [0.15, 0.2) is 30.3 Å². The summed E-state index contributed by atoms with van der Waals surface area (Å²) in [7, 11) is 0. The van der Waals surface area contributed by atoms with Crippen molar-refractivity contribution in [1.82, 2.24) is 5.32 Å². The smallest absolute Gasteiger partial charge is 0.244 e. The summed E-state index contributed by atoms with van der Waals surface area (Å²) in [5.74, 6) is -0.00353. The van der Waals surface area contributed by atoms with Gasteiger partial charge in [-0.1, -0.05) is 18.6 Å². The molecule has 3 nitrogen and oxygen atoms in total. The highest BCUT2D eigenvalue weighted by molar-refractivity contribution is 5.91. The fourth-order valence-electron chi connectivity index (χ4n) is 2.49. The number of hydrogen-bond donors (Lipinski definition) is 2. The Hall–Kier alpha value is -1.68. The van der Waals surface area contributed by atoms with Gasteiger partial charge in [0.1, 0.15) is 5.82 Å². The van der Waals surface area contributed by atoms with Crippen molar-refractivity contribution in [2.24, 2.45) is 11.7 Å². The Bertz CT molecular complexity index is 456. The van der Waals surface area contributed by atoms with Gasteiger partial charge in [-0.2, -0.15) is 0 Å². The largest absolute Gasteiger partial charge is 0.349 e.